The topological polar surface area (TPSA) is 42.9 Å². The molecule has 0 aromatic heterocycles. The van der Waals surface area contributed by atoms with E-state index < -0.39 is 5.60 Å². The summed E-state index contributed by atoms with van der Waals surface area (Å²) in [4.78, 5) is 11.3. The second-order valence-corrected chi connectivity index (χ2v) is 4.03. The molecule has 14 heavy (non-hydrogen) atoms. The van der Waals surface area contributed by atoms with Crippen LogP contribution in [0.5, 0.6) is 0 Å². The van der Waals surface area contributed by atoms with Gasteiger partial charge in [0.1, 0.15) is 5.60 Å². The van der Waals surface area contributed by atoms with Crippen molar-refractivity contribution >= 4 is 18.6 Å². The Morgan fingerprint density at radius 3 is 2.71 bits per heavy atom. The average Bonchev–Trinajstić information content (AvgIpc) is 2.19. The Kier molecular flexibility index (Phi) is 4.48. The third kappa shape index (κ3) is 3.03. The van der Waals surface area contributed by atoms with E-state index in [9.17, 15) is 4.79 Å². The molecule has 1 rings (SSSR count). The summed E-state index contributed by atoms with van der Waals surface area (Å²) in [6.45, 7) is 5.76. The van der Waals surface area contributed by atoms with E-state index >= 15 is 0 Å². The summed E-state index contributed by atoms with van der Waals surface area (Å²) in [5, 5.41) is 2.23. The van der Waals surface area contributed by atoms with E-state index in [1.54, 1.807) is 6.08 Å². The SMILES string of the molecule is C=CC1(OC(=O)CCS)CC[NH2+]CC1. The Morgan fingerprint density at radius 2 is 2.21 bits per heavy atom. The number of thiol groups is 1. The van der Waals surface area contributed by atoms with Gasteiger partial charge in [-0.3, -0.25) is 4.79 Å². The van der Waals surface area contributed by atoms with Gasteiger partial charge in [0, 0.05) is 18.6 Å². The number of rotatable bonds is 4. The number of carbonyl (C=O) groups excluding carboxylic acids is 1. The number of ether oxygens (including phenoxy) is 1. The van der Waals surface area contributed by atoms with Gasteiger partial charge in [0.2, 0.25) is 0 Å². The third-order valence-electron chi connectivity index (χ3n) is 2.55. The molecule has 1 aliphatic rings. The van der Waals surface area contributed by atoms with Gasteiger partial charge in [-0.05, 0) is 6.08 Å². The number of nitrogens with two attached hydrogens (primary N) is 1. The van der Waals surface area contributed by atoms with E-state index in [0.717, 1.165) is 25.9 Å². The molecule has 0 aromatic carbocycles. The molecule has 1 heterocycles. The molecule has 0 spiro atoms. The molecule has 0 amide bonds. The van der Waals surface area contributed by atoms with E-state index in [4.69, 9.17) is 4.74 Å². The maximum absolute atomic E-state index is 11.3. The van der Waals surface area contributed by atoms with Gasteiger partial charge in [-0.1, -0.05) is 6.58 Å². The van der Waals surface area contributed by atoms with Gasteiger partial charge in [-0.2, -0.15) is 12.6 Å². The Labute approximate surface area is 90.3 Å². The van der Waals surface area contributed by atoms with Crippen molar-refractivity contribution in [2.75, 3.05) is 18.8 Å². The zero-order chi connectivity index (χ0) is 10.4. The number of hydrogen-bond acceptors (Lipinski definition) is 3. The minimum atomic E-state index is -0.408. The van der Waals surface area contributed by atoms with Gasteiger partial charge in [0.25, 0.3) is 0 Å². The first-order valence-electron chi connectivity index (χ1n) is 5.00. The Balaban J connectivity index is 2.51. The van der Waals surface area contributed by atoms with Crippen LogP contribution < -0.4 is 5.32 Å². The van der Waals surface area contributed by atoms with Crippen molar-refractivity contribution in [2.24, 2.45) is 0 Å². The molecule has 1 aliphatic heterocycles. The van der Waals surface area contributed by atoms with Crippen LogP contribution in [0.4, 0.5) is 0 Å². The van der Waals surface area contributed by atoms with Crippen LogP contribution in [0.1, 0.15) is 19.3 Å². The largest absolute Gasteiger partial charge is 0.454 e. The number of carbonyl (C=O) groups is 1. The fourth-order valence-electron chi connectivity index (χ4n) is 1.68. The number of quaternary nitrogens is 1. The van der Waals surface area contributed by atoms with Crippen LogP contribution in [0.25, 0.3) is 0 Å². The van der Waals surface area contributed by atoms with Crippen LogP contribution in [0, 0.1) is 0 Å². The van der Waals surface area contributed by atoms with Crippen molar-refractivity contribution in [1.82, 2.24) is 0 Å². The van der Waals surface area contributed by atoms with Gasteiger partial charge in [0.15, 0.2) is 0 Å². The highest BCUT2D eigenvalue weighted by Gasteiger charge is 2.34. The highest BCUT2D eigenvalue weighted by molar-refractivity contribution is 7.80. The summed E-state index contributed by atoms with van der Waals surface area (Å²) < 4.78 is 5.44. The molecule has 0 atom stereocenters. The molecule has 2 N–H and O–H groups in total. The molecule has 3 nitrogen and oxygen atoms in total. The Morgan fingerprint density at radius 1 is 1.57 bits per heavy atom. The van der Waals surface area contributed by atoms with E-state index in [0.29, 0.717) is 12.2 Å². The van der Waals surface area contributed by atoms with E-state index in [1.165, 1.54) is 0 Å². The number of esters is 1. The number of piperidine rings is 1. The van der Waals surface area contributed by atoms with Crippen molar-refractivity contribution < 1.29 is 14.8 Å². The lowest BCUT2D eigenvalue weighted by molar-refractivity contribution is -0.667. The molecule has 0 aliphatic carbocycles. The first-order chi connectivity index (χ1) is 6.72. The summed E-state index contributed by atoms with van der Waals surface area (Å²) >= 11 is 4.00. The van der Waals surface area contributed by atoms with Crippen molar-refractivity contribution in [3.05, 3.63) is 12.7 Å². The maximum atomic E-state index is 11.3. The lowest BCUT2D eigenvalue weighted by atomic mass is 9.92. The van der Waals surface area contributed by atoms with Crippen molar-refractivity contribution in [2.45, 2.75) is 24.9 Å². The fraction of sp³-hybridized carbons (Fsp3) is 0.700. The zero-order valence-electron chi connectivity index (χ0n) is 8.37. The third-order valence-corrected chi connectivity index (χ3v) is 2.77. The highest BCUT2D eigenvalue weighted by Crippen LogP contribution is 2.23. The zero-order valence-corrected chi connectivity index (χ0v) is 9.26. The van der Waals surface area contributed by atoms with Crippen LogP contribution in [0.15, 0.2) is 12.7 Å². The van der Waals surface area contributed by atoms with E-state index in [2.05, 4.69) is 24.5 Å². The van der Waals surface area contributed by atoms with Crippen LogP contribution >= 0.6 is 12.6 Å². The quantitative estimate of drug-likeness (QED) is 0.398. The predicted octanol–water partition coefficient (Wildman–Crippen LogP) is 0.131. The average molecular weight is 216 g/mol. The number of hydrogen-bond donors (Lipinski definition) is 2. The minimum Gasteiger partial charge on any atom is -0.454 e. The van der Waals surface area contributed by atoms with Gasteiger partial charge in [0.05, 0.1) is 19.5 Å². The summed E-state index contributed by atoms with van der Waals surface area (Å²) in [6.07, 6.45) is 3.89. The minimum absolute atomic E-state index is 0.165. The van der Waals surface area contributed by atoms with Gasteiger partial charge >= 0.3 is 5.97 Å². The standard InChI is InChI=1S/C10H17NO2S/c1-2-10(4-6-11-7-5-10)13-9(12)3-8-14/h2,11,14H,1,3-8H2/p+1. The van der Waals surface area contributed by atoms with Crippen LogP contribution in [0.3, 0.4) is 0 Å². The van der Waals surface area contributed by atoms with E-state index in [1.807, 2.05) is 0 Å². The lowest BCUT2D eigenvalue weighted by Gasteiger charge is -2.32. The second kappa shape index (κ2) is 5.41. The van der Waals surface area contributed by atoms with Crippen LogP contribution in [-0.4, -0.2) is 30.4 Å². The Bertz CT molecular complexity index is 212. The molecule has 0 bridgehead atoms. The molecular formula is C10H18NO2S+. The second-order valence-electron chi connectivity index (χ2n) is 3.58. The molecule has 0 aromatic rings. The van der Waals surface area contributed by atoms with Crippen LogP contribution in [-0.2, 0) is 9.53 Å². The smallest absolute Gasteiger partial charge is 0.307 e. The van der Waals surface area contributed by atoms with Gasteiger partial charge < -0.3 is 10.1 Å². The fourth-order valence-corrected chi connectivity index (χ4v) is 1.86. The molecule has 1 saturated heterocycles. The summed E-state index contributed by atoms with van der Waals surface area (Å²) in [6, 6.07) is 0. The molecule has 4 heteroatoms. The van der Waals surface area contributed by atoms with Crippen LogP contribution in [0.2, 0.25) is 0 Å². The van der Waals surface area contributed by atoms with E-state index in [-0.39, 0.29) is 5.97 Å². The van der Waals surface area contributed by atoms with Gasteiger partial charge in [-0.25, -0.2) is 0 Å². The lowest BCUT2D eigenvalue weighted by Crippen LogP contribution is -2.87. The molecule has 0 unspecified atom stereocenters. The normalized spacial score (nSPS) is 20.1. The maximum Gasteiger partial charge on any atom is 0.307 e. The van der Waals surface area contributed by atoms with Crippen molar-refractivity contribution in [1.29, 1.82) is 0 Å². The first-order valence-corrected chi connectivity index (χ1v) is 5.64. The molecule has 1 fully saturated rings. The summed E-state index contributed by atoms with van der Waals surface area (Å²) in [7, 11) is 0. The molecule has 0 radical (unpaired) electrons. The summed E-state index contributed by atoms with van der Waals surface area (Å²) in [5.41, 5.74) is -0.408. The summed E-state index contributed by atoms with van der Waals surface area (Å²) in [5.74, 6) is 0.375. The monoisotopic (exact) mass is 216 g/mol. The highest BCUT2D eigenvalue weighted by atomic mass is 32.1. The Hall–Kier alpha value is -0.480. The van der Waals surface area contributed by atoms with Crippen molar-refractivity contribution in [3.8, 4) is 0 Å². The first kappa shape index (κ1) is 11.6. The predicted molar refractivity (Wildman–Crippen MR) is 58.4 cm³/mol. The molecule has 80 valence electrons. The van der Waals surface area contributed by atoms with Gasteiger partial charge in [-0.15, -0.1) is 0 Å². The molecule has 0 saturated carbocycles. The van der Waals surface area contributed by atoms with Crippen molar-refractivity contribution in [3.63, 3.8) is 0 Å². The molecular weight excluding hydrogens is 198 g/mol.